The van der Waals surface area contributed by atoms with Crippen molar-refractivity contribution in [2.75, 3.05) is 16.8 Å². The molecule has 0 saturated heterocycles. The van der Waals surface area contributed by atoms with Crippen LogP contribution in [0, 0.1) is 5.82 Å². The number of anilines is 3. The number of aromatic nitrogens is 7. The largest absolute Gasteiger partial charge is 0.352 e. The van der Waals surface area contributed by atoms with Gasteiger partial charge in [0.25, 0.3) is 0 Å². The molecule has 0 radical (unpaired) electrons. The maximum absolute atomic E-state index is 13.0. The van der Waals surface area contributed by atoms with Crippen LogP contribution in [-0.4, -0.2) is 41.5 Å². The molecule has 2 aliphatic rings. The molecule has 1 saturated carbocycles. The summed E-state index contributed by atoms with van der Waals surface area (Å²) in [5.74, 6) is 0.811. The van der Waals surface area contributed by atoms with Crippen molar-refractivity contribution in [2.24, 2.45) is 0 Å². The first kappa shape index (κ1) is 17.5. The van der Waals surface area contributed by atoms with E-state index in [0.29, 0.717) is 17.1 Å². The van der Waals surface area contributed by atoms with Crippen LogP contribution in [-0.2, 0) is 13.0 Å². The molecule has 0 atom stereocenters. The van der Waals surface area contributed by atoms with E-state index in [1.165, 1.54) is 23.3 Å². The molecule has 5 heterocycles. The zero-order valence-corrected chi connectivity index (χ0v) is 16.7. The number of thiazole rings is 1. The van der Waals surface area contributed by atoms with E-state index in [4.69, 9.17) is 4.98 Å². The second-order valence-corrected chi connectivity index (χ2v) is 8.59. The summed E-state index contributed by atoms with van der Waals surface area (Å²) in [6, 6.07) is 0.581. The fraction of sp³-hybridized carbons (Fsp3) is 0.316. The molecule has 9 nitrogen and oxygen atoms in total. The molecule has 11 heteroatoms. The molecule has 4 aromatic rings. The quantitative estimate of drug-likeness (QED) is 0.508. The number of fused-ring (bicyclic) bond motifs is 3. The molecule has 0 bridgehead atoms. The van der Waals surface area contributed by atoms with E-state index in [2.05, 4.69) is 46.4 Å². The average molecular weight is 423 g/mol. The van der Waals surface area contributed by atoms with Crippen molar-refractivity contribution in [3.05, 3.63) is 47.2 Å². The monoisotopic (exact) mass is 423 g/mol. The number of halogens is 1. The highest BCUT2D eigenvalue weighted by Gasteiger charge is 2.27. The van der Waals surface area contributed by atoms with Crippen LogP contribution >= 0.6 is 11.3 Å². The Balaban J connectivity index is 1.26. The second kappa shape index (κ2) is 6.87. The first-order chi connectivity index (χ1) is 14.7. The first-order valence-corrected chi connectivity index (χ1v) is 10.6. The maximum Gasteiger partial charge on any atom is 0.229 e. The summed E-state index contributed by atoms with van der Waals surface area (Å²) < 4.78 is 15.1. The van der Waals surface area contributed by atoms with Gasteiger partial charge < -0.3 is 10.2 Å². The van der Waals surface area contributed by atoms with Crippen LogP contribution in [0.4, 0.5) is 21.3 Å². The van der Waals surface area contributed by atoms with Crippen molar-refractivity contribution in [2.45, 2.75) is 31.8 Å². The molecule has 4 aromatic heterocycles. The number of H-pyrrole nitrogens is 1. The minimum atomic E-state index is -0.471. The predicted octanol–water partition coefficient (Wildman–Crippen LogP) is 3.30. The summed E-state index contributed by atoms with van der Waals surface area (Å²) in [7, 11) is 0. The minimum absolute atomic E-state index is 0.321. The van der Waals surface area contributed by atoms with E-state index in [-0.39, 0.29) is 0 Å². The van der Waals surface area contributed by atoms with Gasteiger partial charge in [0.05, 0.1) is 42.1 Å². The number of rotatable bonds is 5. The van der Waals surface area contributed by atoms with Crippen LogP contribution in [0.2, 0.25) is 0 Å². The highest BCUT2D eigenvalue weighted by atomic mass is 32.1. The van der Waals surface area contributed by atoms with Crippen LogP contribution < -0.4 is 10.2 Å². The Morgan fingerprint density at radius 1 is 1.20 bits per heavy atom. The summed E-state index contributed by atoms with van der Waals surface area (Å²) in [4.78, 5) is 16.1. The van der Waals surface area contributed by atoms with Crippen molar-refractivity contribution in [1.29, 1.82) is 0 Å². The lowest BCUT2D eigenvalue weighted by Crippen LogP contribution is -2.24. The molecular formula is C19H18FN9S. The van der Waals surface area contributed by atoms with Crippen molar-refractivity contribution in [3.63, 3.8) is 0 Å². The van der Waals surface area contributed by atoms with Crippen molar-refractivity contribution < 1.29 is 4.39 Å². The Morgan fingerprint density at radius 3 is 2.90 bits per heavy atom. The summed E-state index contributed by atoms with van der Waals surface area (Å²) in [5.41, 5.74) is 3.07. The molecule has 152 valence electrons. The Hall–Kier alpha value is -3.34. The minimum Gasteiger partial charge on any atom is -0.352 e. The fourth-order valence-electron chi connectivity index (χ4n) is 3.68. The number of nitrogens with zero attached hydrogens (tertiary/aromatic N) is 7. The molecule has 0 aromatic carbocycles. The zero-order valence-electron chi connectivity index (χ0n) is 15.9. The summed E-state index contributed by atoms with van der Waals surface area (Å²) >= 11 is 1.56. The molecule has 2 N–H and O–H groups in total. The molecule has 30 heavy (non-hydrogen) atoms. The Kier molecular flexibility index (Phi) is 4.01. The fourth-order valence-corrected chi connectivity index (χ4v) is 4.63. The van der Waals surface area contributed by atoms with E-state index >= 15 is 0 Å². The van der Waals surface area contributed by atoms with Gasteiger partial charge >= 0.3 is 0 Å². The standard InChI is InChI=1S/C19H18FN9S/c20-12-6-21-18(22-7-12)26-19-25-16-14-8-23-27-17(14)28(4-3-15(16)30-19)9-11-5-24-29(10-11)13-1-2-13/h5-8,10,13H,1-4,9H2,(H,23,27)(H,21,22,25,26). The van der Waals surface area contributed by atoms with Crippen molar-refractivity contribution in [3.8, 4) is 11.3 Å². The van der Waals surface area contributed by atoms with Crippen LogP contribution in [0.25, 0.3) is 11.3 Å². The third kappa shape index (κ3) is 3.20. The molecular weight excluding hydrogens is 405 g/mol. The Morgan fingerprint density at radius 2 is 2.07 bits per heavy atom. The molecule has 1 aliphatic carbocycles. The van der Waals surface area contributed by atoms with Gasteiger partial charge in [-0.3, -0.25) is 9.78 Å². The van der Waals surface area contributed by atoms with Crippen LogP contribution in [0.3, 0.4) is 0 Å². The average Bonchev–Trinajstić information content (AvgIpc) is 3.16. The third-order valence-corrected chi connectivity index (χ3v) is 6.32. The highest BCUT2D eigenvalue weighted by Crippen LogP contribution is 2.40. The van der Waals surface area contributed by atoms with Crippen LogP contribution in [0.15, 0.2) is 31.0 Å². The topological polar surface area (TPSA) is 100 Å². The van der Waals surface area contributed by atoms with Crippen LogP contribution in [0.5, 0.6) is 0 Å². The van der Waals surface area contributed by atoms with Gasteiger partial charge in [0.2, 0.25) is 5.95 Å². The molecule has 0 amide bonds. The van der Waals surface area contributed by atoms with E-state index in [1.807, 2.05) is 12.4 Å². The molecule has 1 fully saturated rings. The molecule has 6 rings (SSSR count). The summed E-state index contributed by atoms with van der Waals surface area (Å²) in [6.45, 7) is 1.61. The summed E-state index contributed by atoms with van der Waals surface area (Å²) in [6.07, 6.45) is 11.5. The normalized spacial score (nSPS) is 15.6. The van der Waals surface area contributed by atoms with Crippen molar-refractivity contribution in [1.82, 2.24) is 34.9 Å². The van der Waals surface area contributed by atoms with E-state index in [1.54, 1.807) is 11.3 Å². The highest BCUT2D eigenvalue weighted by molar-refractivity contribution is 7.16. The van der Waals surface area contributed by atoms with Gasteiger partial charge in [-0.05, 0) is 12.8 Å². The Bertz CT molecular complexity index is 1190. The first-order valence-electron chi connectivity index (χ1n) is 9.79. The maximum atomic E-state index is 13.0. The smallest absolute Gasteiger partial charge is 0.229 e. The lowest BCUT2D eigenvalue weighted by molar-refractivity contribution is 0.614. The molecule has 0 unspecified atom stereocenters. The van der Waals surface area contributed by atoms with E-state index < -0.39 is 5.82 Å². The van der Waals surface area contributed by atoms with E-state index in [0.717, 1.165) is 49.0 Å². The SMILES string of the molecule is Fc1cnc(Nc2nc3c(s2)CCN(Cc2cnn(C4CC4)c2)c2[nH]ncc2-3)nc1. The summed E-state index contributed by atoms with van der Waals surface area (Å²) in [5, 5.41) is 15.7. The van der Waals surface area contributed by atoms with E-state index in [9.17, 15) is 4.39 Å². The Labute approximate surface area is 175 Å². The molecule has 1 aliphatic heterocycles. The number of hydrogen-bond donors (Lipinski definition) is 2. The number of nitrogens with one attached hydrogen (secondary N) is 2. The number of hydrogen-bond acceptors (Lipinski definition) is 8. The van der Waals surface area contributed by atoms with Crippen molar-refractivity contribution >= 4 is 28.2 Å². The van der Waals surface area contributed by atoms with Gasteiger partial charge in [-0.25, -0.2) is 19.3 Å². The van der Waals surface area contributed by atoms with Gasteiger partial charge in [0.1, 0.15) is 5.82 Å². The third-order valence-electron chi connectivity index (χ3n) is 5.29. The predicted molar refractivity (Wildman–Crippen MR) is 110 cm³/mol. The van der Waals surface area contributed by atoms with Gasteiger partial charge in [-0.1, -0.05) is 0 Å². The number of aromatic amines is 1. The lowest BCUT2D eigenvalue weighted by atomic mass is 10.2. The van der Waals surface area contributed by atoms with Gasteiger partial charge in [-0.2, -0.15) is 10.2 Å². The van der Waals surface area contributed by atoms with Gasteiger partial charge in [-0.15, -0.1) is 11.3 Å². The second-order valence-electron chi connectivity index (χ2n) is 7.50. The van der Waals surface area contributed by atoms with Gasteiger partial charge in [0, 0.05) is 36.1 Å². The zero-order chi connectivity index (χ0) is 20.1. The van der Waals surface area contributed by atoms with Crippen LogP contribution in [0.1, 0.15) is 29.3 Å². The lowest BCUT2D eigenvalue weighted by Gasteiger charge is -2.21. The molecule has 0 spiro atoms. The van der Waals surface area contributed by atoms with Gasteiger partial charge in [0.15, 0.2) is 10.9 Å².